The van der Waals surface area contributed by atoms with Crippen LogP contribution >= 0.6 is 0 Å². The Balaban J connectivity index is 1.67. The molecule has 126 valence electrons. The van der Waals surface area contributed by atoms with Crippen LogP contribution in [0.5, 0.6) is 0 Å². The van der Waals surface area contributed by atoms with Gasteiger partial charge in [0.25, 0.3) is 0 Å². The normalized spacial score (nSPS) is 18.4. The molecule has 0 spiro atoms. The van der Waals surface area contributed by atoms with Gasteiger partial charge in [0, 0.05) is 32.1 Å². The molecule has 0 aliphatic carbocycles. The van der Waals surface area contributed by atoms with Gasteiger partial charge in [-0.2, -0.15) is 0 Å². The number of hydrogen-bond donors (Lipinski definition) is 1. The molecule has 7 nitrogen and oxygen atoms in total. The molecule has 1 fully saturated rings. The Hall–Kier alpha value is -1.48. The monoisotopic (exact) mass is 340 g/mol. The third-order valence-electron chi connectivity index (χ3n) is 4.00. The van der Waals surface area contributed by atoms with Crippen LogP contribution in [-0.4, -0.2) is 46.9 Å². The van der Waals surface area contributed by atoms with E-state index in [2.05, 4.69) is 4.72 Å². The highest BCUT2D eigenvalue weighted by Gasteiger charge is 2.25. The first-order valence-electron chi connectivity index (χ1n) is 7.61. The molecule has 0 radical (unpaired) electrons. The van der Waals surface area contributed by atoms with Gasteiger partial charge in [0.1, 0.15) is 0 Å². The summed E-state index contributed by atoms with van der Waals surface area (Å²) in [5.41, 5.74) is 1.68. The van der Waals surface area contributed by atoms with E-state index in [-0.39, 0.29) is 23.6 Å². The number of rotatable bonds is 5. The molecule has 0 saturated carbocycles. The first-order valence-corrected chi connectivity index (χ1v) is 9.09. The minimum atomic E-state index is -3.58. The highest BCUT2D eigenvalue weighted by atomic mass is 32.2. The van der Waals surface area contributed by atoms with Crippen LogP contribution in [0.1, 0.15) is 18.9 Å². The average molecular weight is 340 g/mol. The van der Waals surface area contributed by atoms with Crippen LogP contribution in [-0.2, 0) is 30.7 Å². The highest BCUT2D eigenvalue weighted by Crippen LogP contribution is 2.30. The zero-order chi connectivity index (χ0) is 16.4. The zero-order valence-corrected chi connectivity index (χ0v) is 13.8. The minimum absolute atomic E-state index is 0.0333. The van der Waals surface area contributed by atoms with Gasteiger partial charge in [-0.05, 0) is 30.2 Å². The van der Waals surface area contributed by atoms with Crippen molar-refractivity contribution in [2.45, 2.75) is 31.0 Å². The summed E-state index contributed by atoms with van der Waals surface area (Å²) in [4.78, 5) is 13.4. The van der Waals surface area contributed by atoms with Crippen LogP contribution in [0.2, 0.25) is 0 Å². The second-order valence-electron chi connectivity index (χ2n) is 5.57. The maximum absolute atomic E-state index is 12.3. The Kier molecular flexibility index (Phi) is 4.67. The summed E-state index contributed by atoms with van der Waals surface area (Å²) < 4.78 is 37.8. The number of carbonyl (C=O) groups is 1. The van der Waals surface area contributed by atoms with Gasteiger partial charge in [0.05, 0.1) is 18.1 Å². The summed E-state index contributed by atoms with van der Waals surface area (Å²) in [5, 5.41) is 0. The van der Waals surface area contributed by atoms with Crippen LogP contribution < -0.4 is 9.62 Å². The van der Waals surface area contributed by atoms with Crippen LogP contribution in [0.4, 0.5) is 5.69 Å². The summed E-state index contributed by atoms with van der Waals surface area (Å²) in [6, 6.07) is 4.87. The Morgan fingerprint density at radius 2 is 2.09 bits per heavy atom. The summed E-state index contributed by atoms with van der Waals surface area (Å²) >= 11 is 0. The molecule has 1 aromatic rings. The van der Waals surface area contributed by atoms with E-state index in [9.17, 15) is 13.2 Å². The zero-order valence-electron chi connectivity index (χ0n) is 12.9. The van der Waals surface area contributed by atoms with E-state index in [4.69, 9.17) is 9.47 Å². The minimum Gasteiger partial charge on any atom is -0.350 e. The van der Waals surface area contributed by atoms with Crippen molar-refractivity contribution in [3.8, 4) is 0 Å². The third kappa shape index (κ3) is 3.55. The molecule has 1 amide bonds. The molecule has 1 N–H and O–H groups in total. The molecular weight excluding hydrogens is 320 g/mol. The molecule has 0 unspecified atom stereocenters. The number of hydrogen-bond acceptors (Lipinski definition) is 5. The smallest absolute Gasteiger partial charge is 0.240 e. The number of amides is 1. The number of sulfonamides is 1. The van der Waals surface area contributed by atoms with E-state index in [1.165, 1.54) is 13.0 Å². The quantitative estimate of drug-likeness (QED) is 0.850. The largest absolute Gasteiger partial charge is 0.350 e. The summed E-state index contributed by atoms with van der Waals surface area (Å²) in [7, 11) is -3.58. The predicted octanol–water partition coefficient (Wildman–Crippen LogP) is 0.637. The average Bonchev–Trinajstić information content (AvgIpc) is 3.15. The number of carbonyl (C=O) groups excluding carboxylic acids is 1. The Morgan fingerprint density at radius 1 is 1.35 bits per heavy atom. The van der Waals surface area contributed by atoms with Crippen LogP contribution in [0, 0.1) is 0 Å². The molecule has 0 aromatic heterocycles. The van der Waals surface area contributed by atoms with Crippen LogP contribution in [0.3, 0.4) is 0 Å². The van der Waals surface area contributed by atoms with Crippen molar-refractivity contribution in [2.75, 3.05) is 31.2 Å². The van der Waals surface area contributed by atoms with Gasteiger partial charge < -0.3 is 14.4 Å². The van der Waals surface area contributed by atoms with E-state index in [1.807, 2.05) is 0 Å². The molecule has 3 rings (SSSR count). The Bertz CT molecular complexity index is 698. The van der Waals surface area contributed by atoms with Crippen LogP contribution in [0.15, 0.2) is 23.1 Å². The third-order valence-corrected chi connectivity index (χ3v) is 5.46. The number of benzene rings is 1. The van der Waals surface area contributed by atoms with Crippen LogP contribution in [0.25, 0.3) is 0 Å². The maximum atomic E-state index is 12.3. The van der Waals surface area contributed by atoms with Gasteiger partial charge >= 0.3 is 0 Å². The SMILES string of the molecule is CC(=O)N1CCc2cc(S(=O)(=O)NCCC3OCCO3)ccc21. The lowest BCUT2D eigenvalue weighted by Crippen LogP contribution is -2.28. The highest BCUT2D eigenvalue weighted by molar-refractivity contribution is 7.89. The topological polar surface area (TPSA) is 84.9 Å². The van der Waals surface area contributed by atoms with Gasteiger partial charge in [-0.1, -0.05) is 0 Å². The molecule has 23 heavy (non-hydrogen) atoms. The van der Waals surface area contributed by atoms with E-state index in [0.29, 0.717) is 32.6 Å². The molecular formula is C15H20N2O5S. The molecule has 1 saturated heterocycles. The first-order chi connectivity index (χ1) is 11.0. The van der Waals surface area contributed by atoms with Crippen molar-refractivity contribution in [3.05, 3.63) is 23.8 Å². The van der Waals surface area contributed by atoms with Crippen molar-refractivity contribution in [1.82, 2.24) is 4.72 Å². The molecule has 2 heterocycles. The van der Waals surface area contributed by atoms with Crippen molar-refractivity contribution < 1.29 is 22.7 Å². The number of nitrogens with one attached hydrogen (secondary N) is 1. The predicted molar refractivity (Wildman–Crippen MR) is 83.7 cm³/mol. The summed E-state index contributed by atoms with van der Waals surface area (Å²) in [5.74, 6) is -0.0333. The summed E-state index contributed by atoms with van der Waals surface area (Å²) in [6.45, 7) is 3.46. The lowest BCUT2D eigenvalue weighted by atomic mass is 10.2. The molecule has 0 atom stereocenters. The van der Waals surface area contributed by atoms with Gasteiger partial charge in [-0.15, -0.1) is 0 Å². The molecule has 1 aromatic carbocycles. The molecule has 2 aliphatic heterocycles. The second-order valence-corrected chi connectivity index (χ2v) is 7.34. The van der Waals surface area contributed by atoms with Crippen molar-refractivity contribution in [3.63, 3.8) is 0 Å². The second kappa shape index (κ2) is 6.56. The fraction of sp³-hybridized carbons (Fsp3) is 0.533. The van der Waals surface area contributed by atoms with Crippen molar-refractivity contribution >= 4 is 21.6 Å². The maximum Gasteiger partial charge on any atom is 0.240 e. The lowest BCUT2D eigenvalue weighted by Gasteiger charge is -2.15. The van der Waals surface area contributed by atoms with Gasteiger partial charge in [-0.25, -0.2) is 13.1 Å². The number of nitrogens with zero attached hydrogens (tertiary/aromatic N) is 1. The van der Waals surface area contributed by atoms with E-state index < -0.39 is 10.0 Å². The van der Waals surface area contributed by atoms with E-state index >= 15 is 0 Å². The van der Waals surface area contributed by atoms with Crippen molar-refractivity contribution in [1.29, 1.82) is 0 Å². The molecule has 8 heteroatoms. The van der Waals surface area contributed by atoms with Gasteiger partial charge in [0.15, 0.2) is 6.29 Å². The molecule has 0 bridgehead atoms. The van der Waals surface area contributed by atoms with E-state index in [1.54, 1.807) is 17.0 Å². The number of fused-ring (bicyclic) bond motifs is 1. The first kappa shape index (κ1) is 16.4. The summed E-state index contributed by atoms with van der Waals surface area (Å²) in [6.07, 6.45) is 0.812. The fourth-order valence-corrected chi connectivity index (χ4v) is 3.94. The Labute approximate surface area is 135 Å². The van der Waals surface area contributed by atoms with Gasteiger partial charge in [0.2, 0.25) is 15.9 Å². The Morgan fingerprint density at radius 3 is 2.78 bits per heavy atom. The van der Waals surface area contributed by atoms with Crippen molar-refractivity contribution in [2.24, 2.45) is 0 Å². The lowest BCUT2D eigenvalue weighted by molar-refractivity contribution is -0.116. The van der Waals surface area contributed by atoms with E-state index in [0.717, 1.165) is 11.3 Å². The standard InChI is InChI=1S/C15H20N2O5S/c1-11(18)17-7-5-12-10-13(2-3-14(12)17)23(19,20)16-6-4-15-21-8-9-22-15/h2-3,10,15-16H,4-9H2,1H3. The fourth-order valence-electron chi connectivity index (χ4n) is 2.84. The molecule has 2 aliphatic rings. The van der Waals surface area contributed by atoms with Gasteiger partial charge in [-0.3, -0.25) is 4.79 Å². The number of anilines is 1. The number of ether oxygens (including phenoxy) is 2.